The highest BCUT2D eigenvalue weighted by atomic mass is 35.5. The highest BCUT2D eigenvalue weighted by Crippen LogP contribution is 2.41. The quantitative estimate of drug-likeness (QED) is 0.670. The number of allylic oxidation sites excluding steroid dienone is 5. The van der Waals surface area contributed by atoms with Gasteiger partial charge in [-0.3, -0.25) is 4.99 Å². The maximum absolute atomic E-state index is 6.42. The number of hydrogen-bond donors (Lipinski definition) is 0. The molecule has 26 heavy (non-hydrogen) atoms. The Morgan fingerprint density at radius 3 is 2.92 bits per heavy atom. The molecule has 1 saturated heterocycles. The lowest BCUT2D eigenvalue weighted by molar-refractivity contribution is 0.0171. The zero-order chi connectivity index (χ0) is 17.5. The molecule has 5 rings (SSSR count). The van der Waals surface area contributed by atoms with Crippen LogP contribution in [0.15, 0.2) is 59.4 Å². The summed E-state index contributed by atoms with van der Waals surface area (Å²) in [5.41, 5.74) is 2.31. The van der Waals surface area contributed by atoms with Crippen molar-refractivity contribution in [3.8, 4) is 0 Å². The third-order valence-corrected chi connectivity index (χ3v) is 6.75. The maximum atomic E-state index is 6.42. The lowest BCUT2D eigenvalue weighted by Gasteiger charge is -2.40. The van der Waals surface area contributed by atoms with Gasteiger partial charge in [0.25, 0.3) is 0 Å². The molecule has 1 aromatic rings. The molecule has 2 aliphatic heterocycles. The number of hydrogen-bond acceptors (Lipinski definition) is 4. The summed E-state index contributed by atoms with van der Waals surface area (Å²) in [7, 11) is 0. The fourth-order valence-corrected chi connectivity index (χ4v) is 5.00. The SMILES string of the molecule is Clc1cccc(C2=CC3C=CN=CC3C(OC3CN(SC4CC4)C3)=C2)c1. The van der Waals surface area contributed by atoms with Gasteiger partial charge in [-0.15, -0.1) is 0 Å². The van der Waals surface area contributed by atoms with Gasteiger partial charge in [0.15, 0.2) is 0 Å². The summed E-state index contributed by atoms with van der Waals surface area (Å²) < 4.78 is 8.85. The van der Waals surface area contributed by atoms with Crippen LogP contribution in [0.2, 0.25) is 5.02 Å². The van der Waals surface area contributed by atoms with E-state index in [9.17, 15) is 0 Å². The molecule has 1 aromatic carbocycles. The summed E-state index contributed by atoms with van der Waals surface area (Å²) in [6, 6.07) is 8.02. The van der Waals surface area contributed by atoms with Gasteiger partial charge < -0.3 is 4.74 Å². The van der Waals surface area contributed by atoms with Gasteiger partial charge in [-0.05, 0) is 42.2 Å². The lowest BCUT2D eigenvalue weighted by atomic mass is 9.82. The Morgan fingerprint density at radius 2 is 2.12 bits per heavy atom. The van der Waals surface area contributed by atoms with Crippen molar-refractivity contribution in [3.05, 3.63) is 65.0 Å². The molecule has 0 radical (unpaired) electrons. The Balaban J connectivity index is 1.34. The third kappa shape index (κ3) is 3.51. The van der Waals surface area contributed by atoms with Crippen LogP contribution in [0.5, 0.6) is 0 Å². The summed E-state index contributed by atoms with van der Waals surface area (Å²) in [4.78, 5) is 4.35. The van der Waals surface area contributed by atoms with Crippen molar-refractivity contribution in [2.75, 3.05) is 13.1 Å². The van der Waals surface area contributed by atoms with Gasteiger partial charge in [0.2, 0.25) is 0 Å². The maximum Gasteiger partial charge on any atom is 0.125 e. The summed E-state index contributed by atoms with van der Waals surface area (Å²) in [6.07, 6.45) is 13.5. The average Bonchev–Trinajstić information content (AvgIpc) is 3.44. The molecule has 0 spiro atoms. The fourth-order valence-electron chi connectivity index (χ4n) is 3.54. The standard InChI is InChI=1S/C21H21ClN2OS/c22-17-3-1-2-14(9-17)16-8-15-6-7-23-11-20(15)21(10-16)25-18-12-24(13-18)26-19-4-5-19/h1-3,6-11,15,18-20H,4-5,12-13H2. The van der Waals surface area contributed by atoms with Crippen molar-refractivity contribution in [2.45, 2.75) is 24.2 Å². The molecule has 1 saturated carbocycles. The second-order valence-corrected chi connectivity index (χ2v) is 9.14. The van der Waals surface area contributed by atoms with Crippen molar-refractivity contribution in [1.82, 2.24) is 4.31 Å². The van der Waals surface area contributed by atoms with Crippen LogP contribution in [0.3, 0.4) is 0 Å². The van der Waals surface area contributed by atoms with E-state index in [2.05, 4.69) is 33.6 Å². The number of fused-ring (bicyclic) bond motifs is 1. The van der Waals surface area contributed by atoms with Crippen LogP contribution in [0.25, 0.3) is 5.57 Å². The van der Waals surface area contributed by atoms with Crippen LogP contribution in [-0.4, -0.2) is 35.0 Å². The van der Waals surface area contributed by atoms with E-state index >= 15 is 0 Å². The van der Waals surface area contributed by atoms with Gasteiger partial charge in [0.05, 0.1) is 5.92 Å². The van der Waals surface area contributed by atoms with Crippen molar-refractivity contribution in [2.24, 2.45) is 16.8 Å². The third-order valence-electron chi connectivity index (χ3n) is 5.15. The number of halogens is 1. The van der Waals surface area contributed by atoms with E-state index in [0.29, 0.717) is 5.92 Å². The number of aliphatic imine (C=N–C) groups is 1. The van der Waals surface area contributed by atoms with E-state index in [1.807, 2.05) is 42.6 Å². The van der Waals surface area contributed by atoms with Crippen LogP contribution < -0.4 is 0 Å². The molecule has 0 N–H and O–H groups in total. The lowest BCUT2D eigenvalue weighted by Crippen LogP contribution is -2.49. The molecule has 0 aromatic heterocycles. The summed E-state index contributed by atoms with van der Waals surface area (Å²) in [6.45, 7) is 2.03. The zero-order valence-electron chi connectivity index (χ0n) is 14.4. The fraction of sp³-hybridized carbons (Fsp3) is 0.381. The van der Waals surface area contributed by atoms with Gasteiger partial charge in [-0.2, -0.15) is 0 Å². The van der Waals surface area contributed by atoms with E-state index in [1.54, 1.807) is 0 Å². The van der Waals surface area contributed by atoms with Gasteiger partial charge in [0.1, 0.15) is 11.9 Å². The largest absolute Gasteiger partial charge is 0.491 e. The van der Waals surface area contributed by atoms with Crippen molar-refractivity contribution < 1.29 is 4.74 Å². The first-order chi connectivity index (χ1) is 12.7. The normalized spacial score (nSPS) is 28.2. The summed E-state index contributed by atoms with van der Waals surface area (Å²) in [5, 5.41) is 1.62. The Morgan fingerprint density at radius 1 is 1.23 bits per heavy atom. The topological polar surface area (TPSA) is 24.8 Å². The molecular weight excluding hydrogens is 364 g/mol. The van der Waals surface area contributed by atoms with E-state index in [-0.39, 0.29) is 12.0 Å². The minimum absolute atomic E-state index is 0.202. The van der Waals surface area contributed by atoms with Gasteiger partial charge in [0, 0.05) is 41.7 Å². The predicted molar refractivity (Wildman–Crippen MR) is 109 cm³/mol. The van der Waals surface area contributed by atoms with Crippen molar-refractivity contribution in [3.63, 3.8) is 0 Å². The summed E-state index contributed by atoms with van der Waals surface area (Å²) >= 11 is 8.20. The molecular formula is C21H21ClN2OS. The van der Waals surface area contributed by atoms with Crippen molar-refractivity contribution in [1.29, 1.82) is 0 Å². The van der Waals surface area contributed by atoms with E-state index < -0.39 is 0 Å². The molecule has 3 nitrogen and oxygen atoms in total. The van der Waals surface area contributed by atoms with Crippen LogP contribution in [0.1, 0.15) is 18.4 Å². The summed E-state index contributed by atoms with van der Waals surface area (Å²) in [5.74, 6) is 1.52. The molecule has 2 heterocycles. The first-order valence-electron chi connectivity index (χ1n) is 9.22. The van der Waals surface area contributed by atoms with Crippen LogP contribution >= 0.6 is 23.5 Å². The number of ether oxygens (including phenoxy) is 1. The monoisotopic (exact) mass is 384 g/mol. The van der Waals surface area contributed by atoms with Gasteiger partial charge in [-0.25, -0.2) is 4.31 Å². The molecule has 2 unspecified atom stereocenters. The molecule has 2 atom stereocenters. The van der Waals surface area contributed by atoms with Crippen LogP contribution in [0, 0.1) is 11.8 Å². The minimum Gasteiger partial charge on any atom is -0.491 e. The predicted octanol–water partition coefficient (Wildman–Crippen LogP) is 4.96. The highest BCUT2D eigenvalue weighted by molar-refractivity contribution is 7.97. The second kappa shape index (κ2) is 6.91. The number of rotatable bonds is 5. The molecule has 134 valence electrons. The van der Waals surface area contributed by atoms with Gasteiger partial charge in [-0.1, -0.05) is 47.8 Å². The van der Waals surface area contributed by atoms with E-state index in [4.69, 9.17) is 16.3 Å². The van der Waals surface area contributed by atoms with Crippen LogP contribution in [-0.2, 0) is 4.74 Å². The van der Waals surface area contributed by atoms with Gasteiger partial charge >= 0.3 is 0 Å². The number of benzene rings is 1. The average molecular weight is 385 g/mol. The molecule has 5 heteroatoms. The Hall–Kier alpha value is -1.49. The Labute approximate surface area is 163 Å². The molecule has 2 fully saturated rings. The molecule has 4 aliphatic rings. The Bertz CT molecular complexity index is 821. The first-order valence-corrected chi connectivity index (χ1v) is 10.4. The molecule has 2 aliphatic carbocycles. The highest BCUT2D eigenvalue weighted by Gasteiger charge is 2.37. The van der Waals surface area contributed by atoms with Crippen LogP contribution in [0.4, 0.5) is 0 Å². The Kier molecular flexibility index (Phi) is 4.43. The smallest absolute Gasteiger partial charge is 0.125 e. The first kappa shape index (κ1) is 16.7. The van der Waals surface area contributed by atoms with E-state index in [1.165, 1.54) is 18.4 Å². The second-order valence-electron chi connectivity index (χ2n) is 7.31. The zero-order valence-corrected chi connectivity index (χ0v) is 16.0. The minimum atomic E-state index is 0.202. The molecule has 0 bridgehead atoms. The van der Waals surface area contributed by atoms with Crippen molar-refractivity contribution >= 4 is 35.3 Å². The van der Waals surface area contributed by atoms with E-state index in [0.717, 1.165) is 34.7 Å². The number of nitrogens with zero attached hydrogens (tertiary/aromatic N) is 2. The molecule has 0 amide bonds.